The number of pyridine rings is 1. The highest BCUT2D eigenvalue weighted by Crippen LogP contribution is 2.27. The molecular weight excluding hydrogens is 212 g/mol. The van der Waals surface area contributed by atoms with E-state index in [-0.39, 0.29) is 23.0 Å². The Hall–Kier alpha value is -1.25. The van der Waals surface area contributed by atoms with Crippen LogP contribution in [0.1, 0.15) is 23.2 Å². The van der Waals surface area contributed by atoms with Crippen molar-refractivity contribution < 1.29 is 8.78 Å². The molecule has 3 nitrogen and oxygen atoms in total. The minimum absolute atomic E-state index is 0.00781. The van der Waals surface area contributed by atoms with E-state index >= 15 is 0 Å². The molecule has 0 spiro atoms. The van der Waals surface area contributed by atoms with E-state index in [2.05, 4.69) is 4.98 Å². The van der Waals surface area contributed by atoms with E-state index in [1.54, 1.807) is 6.07 Å². The maximum absolute atomic E-state index is 12.3. The molecule has 0 saturated heterocycles. The highest BCUT2D eigenvalue weighted by molar-refractivity contribution is 6.30. The first-order chi connectivity index (χ1) is 6.60. The van der Waals surface area contributed by atoms with Crippen LogP contribution in [-0.4, -0.2) is 4.98 Å². The van der Waals surface area contributed by atoms with Gasteiger partial charge in [-0.25, -0.2) is 13.8 Å². The molecule has 0 aliphatic rings. The van der Waals surface area contributed by atoms with Crippen LogP contribution in [0.4, 0.5) is 8.78 Å². The number of halogens is 3. The van der Waals surface area contributed by atoms with E-state index in [0.717, 1.165) is 6.07 Å². The van der Waals surface area contributed by atoms with Gasteiger partial charge in [-0.1, -0.05) is 11.6 Å². The lowest BCUT2D eigenvalue weighted by Gasteiger charge is -2.05. The van der Waals surface area contributed by atoms with Gasteiger partial charge in [0, 0.05) is 6.54 Å². The molecule has 0 amide bonds. The molecule has 0 atom stereocenters. The summed E-state index contributed by atoms with van der Waals surface area (Å²) in [5.74, 6) is 0. The minimum atomic E-state index is -2.74. The third-order valence-electron chi connectivity index (χ3n) is 1.63. The molecule has 6 heteroatoms. The van der Waals surface area contributed by atoms with Crippen molar-refractivity contribution in [2.24, 2.45) is 5.73 Å². The van der Waals surface area contributed by atoms with Crippen LogP contribution >= 0.6 is 11.6 Å². The molecule has 14 heavy (non-hydrogen) atoms. The summed E-state index contributed by atoms with van der Waals surface area (Å²) >= 11 is 5.48. The molecule has 74 valence electrons. The lowest BCUT2D eigenvalue weighted by molar-refractivity contribution is 0.151. The van der Waals surface area contributed by atoms with Crippen molar-refractivity contribution in [1.29, 1.82) is 5.26 Å². The Morgan fingerprint density at radius 2 is 2.29 bits per heavy atom. The molecule has 1 aromatic heterocycles. The van der Waals surface area contributed by atoms with E-state index < -0.39 is 12.0 Å². The van der Waals surface area contributed by atoms with Crippen molar-refractivity contribution in [2.75, 3.05) is 0 Å². The van der Waals surface area contributed by atoms with Crippen molar-refractivity contribution in [2.45, 2.75) is 13.0 Å². The minimum Gasteiger partial charge on any atom is -0.325 e. The molecule has 1 aromatic rings. The summed E-state index contributed by atoms with van der Waals surface area (Å²) in [7, 11) is 0. The summed E-state index contributed by atoms with van der Waals surface area (Å²) in [6.45, 7) is -0.00781. The molecule has 0 aliphatic carbocycles. The number of nitrogens with zero attached hydrogens (tertiary/aromatic N) is 2. The molecule has 0 aliphatic heterocycles. The van der Waals surface area contributed by atoms with Crippen LogP contribution in [0.5, 0.6) is 0 Å². The number of nitrogens with two attached hydrogens (primary N) is 1. The van der Waals surface area contributed by atoms with Gasteiger partial charge in [0.05, 0.1) is 16.8 Å². The summed E-state index contributed by atoms with van der Waals surface area (Å²) in [6.07, 6.45) is -2.74. The summed E-state index contributed by atoms with van der Waals surface area (Å²) in [5.41, 5.74) is 5.08. The van der Waals surface area contributed by atoms with Crippen molar-refractivity contribution in [3.8, 4) is 6.07 Å². The summed E-state index contributed by atoms with van der Waals surface area (Å²) < 4.78 is 24.6. The normalized spacial score (nSPS) is 10.3. The van der Waals surface area contributed by atoms with E-state index in [4.69, 9.17) is 22.6 Å². The second-order valence-electron chi connectivity index (χ2n) is 2.48. The van der Waals surface area contributed by atoms with Gasteiger partial charge in [-0.3, -0.25) is 0 Å². The Kier molecular flexibility index (Phi) is 3.33. The van der Waals surface area contributed by atoms with E-state index in [9.17, 15) is 8.78 Å². The van der Waals surface area contributed by atoms with Crippen molar-refractivity contribution in [1.82, 2.24) is 4.98 Å². The average molecular weight is 218 g/mol. The predicted molar refractivity (Wildman–Crippen MR) is 46.8 cm³/mol. The topological polar surface area (TPSA) is 62.7 Å². The number of aromatic nitrogens is 1. The maximum atomic E-state index is 12.3. The molecule has 0 bridgehead atoms. The SMILES string of the molecule is N#Cc1cc(C(F)F)c(Cl)nc1CN. The van der Waals surface area contributed by atoms with Crippen LogP contribution in [0, 0.1) is 11.3 Å². The first-order valence-electron chi connectivity index (χ1n) is 3.67. The van der Waals surface area contributed by atoms with E-state index in [1.807, 2.05) is 0 Å². The highest BCUT2D eigenvalue weighted by atomic mass is 35.5. The van der Waals surface area contributed by atoms with E-state index in [0.29, 0.717) is 0 Å². The number of hydrogen-bond acceptors (Lipinski definition) is 3. The molecule has 0 unspecified atom stereocenters. The zero-order valence-electron chi connectivity index (χ0n) is 6.97. The Labute approximate surface area is 84.1 Å². The lowest BCUT2D eigenvalue weighted by Crippen LogP contribution is -2.05. The Morgan fingerprint density at radius 3 is 2.71 bits per heavy atom. The molecule has 1 heterocycles. The van der Waals surface area contributed by atoms with Crippen LogP contribution in [0.2, 0.25) is 5.15 Å². The molecule has 0 fully saturated rings. The standard InChI is InChI=1S/C8H6ClF2N3/c9-7-5(8(10)11)1-4(2-12)6(3-13)14-7/h1,8H,3,13H2. The van der Waals surface area contributed by atoms with E-state index in [1.165, 1.54) is 0 Å². The van der Waals surface area contributed by atoms with Crippen molar-refractivity contribution in [3.63, 3.8) is 0 Å². The van der Waals surface area contributed by atoms with Gasteiger partial charge in [-0.15, -0.1) is 0 Å². The molecule has 0 aromatic carbocycles. The van der Waals surface area contributed by atoms with Crippen LogP contribution in [0.15, 0.2) is 6.07 Å². The van der Waals surface area contributed by atoms with Crippen LogP contribution in [-0.2, 0) is 6.54 Å². The monoisotopic (exact) mass is 217 g/mol. The van der Waals surface area contributed by atoms with Gasteiger partial charge in [-0.2, -0.15) is 5.26 Å². The van der Waals surface area contributed by atoms with Crippen LogP contribution < -0.4 is 5.73 Å². The Balaban J connectivity index is 3.32. The average Bonchev–Trinajstić information content (AvgIpc) is 2.16. The predicted octanol–water partition coefficient (Wildman–Crippen LogP) is 2.00. The zero-order valence-corrected chi connectivity index (χ0v) is 7.72. The summed E-state index contributed by atoms with van der Waals surface area (Å²) in [6, 6.07) is 2.75. The van der Waals surface area contributed by atoms with Crippen LogP contribution in [0.3, 0.4) is 0 Å². The Morgan fingerprint density at radius 1 is 1.64 bits per heavy atom. The van der Waals surface area contributed by atoms with Gasteiger partial charge >= 0.3 is 0 Å². The van der Waals surface area contributed by atoms with Gasteiger partial charge in [-0.05, 0) is 6.07 Å². The number of alkyl halides is 2. The zero-order chi connectivity index (χ0) is 10.7. The number of rotatable bonds is 2. The third kappa shape index (κ3) is 1.97. The number of hydrogen-bond donors (Lipinski definition) is 1. The fraction of sp³-hybridized carbons (Fsp3) is 0.250. The third-order valence-corrected chi connectivity index (χ3v) is 1.93. The fourth-order valence-corrected chi connectivity index (χ4v) is 1.19. The molecule has 0 radical (unpaired) electrons. The highest BCUT2D eigenvalue weighted by Gasteiger charge is 2.16. The van der Waals surface area contributed by atoms with Gasteiger partial charge in [0.1, 0.15) is 11.2 Å². The number of nitriles is 1. The molecule has 1 rings (SSSR count). The smallest absolute Gasteiger partial charge is 0.266 e. The Bertz CT molecular complexity index is 387. The van der Waals surface area contributed by atoms with Gasteiger partial charge < -0.3 is 5.73 Å². The van der Waals surface area contributed by atoms with Crippen molar-refractivity contribution in [3.05, 3.63) is 28.0 Å². The lowest BCUT2D eigenvalue weighted by atomic mass is 10.1. The van der Waals surface area contributed by atoms with Gasteiger partial charge in [0.25, 0.3) is 6.43 Å². The first-order valence-corrected chi connectivity index (χ1v) is 4.05. The van der Waals surface area contributed by atoms with Crippen LogP contribution in [0.25, 0.3) is 0 Å². The largest absolute Gasteiger partial charge is 0.325 e. The maximum Gasteiger partial charge on any atom is 0.266 e. The molecule has 0 saturated carbocycles. The fourth-order valence-electron chi connectivity index (χ4n) is 0.947. The second kappa shape index (κ2) is 4.31. The molecular formula is C8H6ClF2N3. The van der Waals surface area contributed by atoms with Crippen molar-refractivity contribution >= 4 is 11.6 Å². The summed E-state index contributed by atoms with van der Waals surface area (Å²) in [5, 5.41) is 8.31. The second-order valence-corrected chi connectivity index (χ2v) is 2.84. The van der Waals surface area contributed by atoms with Gasteiger partial charge in [0.15, 0.2) is 0 Å². The first kappa shape index (κ1) is 10.8. The molecule has 2 N–H and O–H groups in total. The summed E-state index contributed by atoms with van der Waals surface area (Å²) in [4.78, 5) is 3.62. The quantitative estimate of drug-likeness (QED) is 0.771. The van der Waals surface area contributed by atoms with Gasteiger partial charge in [0.2, 0.25) is 0 Å².